The van der Waals surface area contributed by atoms with E-state index in [1.807, 2.05) is 4.72 Å². The number of hydrogen-bond donors (Lipinski definition) is 2. The van der Waals surface area contributed by atoms with Crippen molar-refractivity contribution in [1.29, 1.82) is 0 Å². The van der Waals surface area contributed by atoms with Gasteiger partial charge in [0.05, 0.1) is 11.8 Å². The van der Waals surface area contributed by atoms with Crippen LogP contribution in [0.15, 0.2) is 18.5 Å². The molecular weight excluding hydrogens is 230 g/mol. The number of rotatable bonds is 3. The molecule has 1 aromatic heterocycles. The summed E-state index contributed by atoms with van der Waals surface area (Å²) in [5.41, 5.74) is 6.45. The van der Waals surface area contributed by atoms with Crippen LogP contribution in [0.3, 0.4) is 0 Å². The minimum Gasteiger partial charge on any atom is -0.324 e. The summed E-state index contributed by atoms with van der Waals surface area (Å²) >= 11 is 0. The van der Waals surface area contributed by atoms with E-state index >= 15 is 0 Å². The molecule has 6 nitrogen and oxygen atoms in total. The van der Waals surface area contributed by atoms with E-state index in [0.29, 0.717) is 5.56 Å². The maximum Gasteiger partial charge on any atom is 0.266 e. The molecule has 1 atom stereocenters. The lowest BCUT2D eigenvalue weighted by molar-refractivity contribution is 0.0981. The maximum absolute atomic E-state index is 11.5. The smallest absolute Gasteiger partial charge is 0.266 e. The summed E-state index contributed by atoms with van der Waals surface area (Å²) in [7, 11) is -3.56. The number of pyridine rings is 1. The predicted molar refractivity (Wildman–Crippen MR) is 59.1 cm³/mol. The summed E-state index contributed by atoms with van der Waals surface area (Å²) in [6.07, 6.45) is 3.72. The van der Waals surface area contributed by atoms with Crippen LogP contribution in [0.4, 0.5) is 0 Å². The molecule has 0 fully saturated rings. The second-order valence-corrected chi connectivity index (χ2v) is 5.25. The molecule has 1 unspecified atom stereocenters. The molecule has 0 aliphatic carbocycles. The van der Waals surface area contributed by atoms with Crippen molar-refractivity contribution in [3.8, 4) is 0 Å². The van der Waals surface area contributed by atoms with E-state index in [2.05, 4.69) is 4.98 Å². The summed E-state index contributed by atoms with van der Waals surface area (Å²) in [6, 6.07) is 1.25. The molecular formula is C9H13N3O3S. The number of sulfonamides is 1. The number of amides is 1. The first-order valence-electron chi connectivity index (χ1n) is 4.52. The third kappa shape index (κ3) is 3.59. The normalized spacial score (nSPS) is 13.2. The lowest BCUT2D eigenvalue weighted by atomic mass is 10.1. The van der Waals surface area contributed by atoms with E-state index in [1.165, 1.54) is 18.5 Å². The van der Waals surface area contributed by atoms with Gasteiger partial charge in [-0.2, -0.15) is 0 Å². The van der Waals surface area contributed by atoms with Gasteiger partial charge < -0.3 is 5.73 Å². The molecule has 0 aromatic carbocycles. The number of hydrogen-bond acceptors (Lipinski definition) is 5. The summed E-state index contributed by atoms with van der Waals surface area (Å²) in [5.74, 6) is -0.711. The van der Waals surface area contributed by atoms with Crippen molar-refractivity contribution < 1.29 is 13.2 Å². The lowest BCUT2D eigenvalue weighted by Crippen LogP contribution is -2.29. The van der Waals surface area contributed by atoms with Crippen molar-refractivity contribution in [2.45, 2.75) is 13.0 Å². The number of nitrogens with zero attached hydrogens (tertiary/aromatic N) is 1. The van der Waals surface area contributed by atoms with Gasteiger partial charge >= 0.3 is 0 Å². The van der Waals surface area contributed by atoms with Crippen molar-refractivity contribution in [3.05, 3.63) is 29.6 Å². The summed E-state index contributed by atoms with van der Waals surface area (Å²) in [4.78, 5) is 15.3. The highest BCUT2D eigenvalue weighted by Crippen LogP contribution is 2.09. The molecule has 3 N–H and O–H groups in total. The van der Waals surface area contributed by atoms with Gasteiger partial charge in [-0.1, -0.05) is 0 Å². The van der Waals surface area contributed by atoms with Crippen LogP contribution in [-0.4, -0.2) is 25.6 Å². The number of aromatic nitrogens is 1. The van der Waals surface area contributed by atoms with Crippen molar-refractivity contribution in [2.24, 2.45) is 5.73 Å². The van der Waals surface area contributed by atoms with Crippen molar-refractivity contribution in [1.82, 2.24) is 9.71 Å². The lowest BCUT2D eigenvalue weighted by Gasteiger charge is -2.07. The zero-order valence-corrected chi connectivity index (χ0v) is 9.78. The van der Waals surface area contributed by atoms with E-state index in [4.69, 9.17) is 5.73 Å². The van der Waals surface area contributed by atoms with Gasteiger partial charge in [-0.15, -0.1) is 0 Å². The van der Waals surface area contributed by atoms with Crippen LogP contribution in [0.5, 0.6) is 0 Å². The topological polar surface area (TPSA) is 102 Å². The van der Waals surface area contributed by atoms with Crippen LogP contribution in [-0.2, 0) is 10.0 Å². The Balaban J connectivity index is 2.97. The SMILES string of the molecule is CC(N)c1cncc(C(=O)NS(C)(=O)=O)c1. The minimum atomic E-state index is -3.56. The molecule has 16 heavy (non-hydrogen) atoms. The van der Waals surface area contributed by atoms with Crippen LogP contribution < -0.4 is 10.5 Å². The molecule has 1 heterocycles. The van der Waals surface area contributed by atoms with Crippen LogP contribution >= 0.6 is 0 Å². The van der Waals surface area contributed by atoms with Crippen molar-refractivity contribution in [2.75, 3.05) is 6.26 Å². The van der Waals surface area contributed by atoms with E-state index in [9.17, 15) is 13.2 Å². The molecule has 0 radical (unpaired) electrons. The van der Waals surface area contributed by atoms with Gasteiger partial charge in [0.15, 0.2) is 0 Å². The predicted octanol–water partition coefficient (Wildman–Crippen LogP) is -0.209. The summed E-state index contributed by atoms with van der Waals surface area (Å²) in [6.45, 7) is 1.75. The fraction of sp³-hybridized carbons (Fsp3) is 0.333. The van der Waals surface area contributed by atoms with Crippen LogP contribution in [0.1, 0.15) is 28.9 Å². The Bertz CT molecular complexity index is 496. The first-order chi connectivity index (χ1) is 7.29. The van der Waals surface area contributed by atoms with Crippen LogP contribution in [0.2, 0.25) is 0 Å². The molecule has 88 valence electrons. The van der Waals surface area contributed by atoms with Gasteiger partial charge in [0.25, 0.3) is 5.91 Å². The molecule has 0 aliphatic heterocycles. The second-order valence-electron chi connectivity index (χ2n) is 3.50. The Kier molecular flexibility index (Phi) is 3.61. The Morgan fingerprint density at radius 2 is 2.12 bits per heavy atom. The maximum atomic E-state index is 11.5. The average Bonchev–Trinajstić information content (AvgIpc) is 2.15. The van der Waals surface area contributed by atoms with Gasteiger partial charge in [-0.25, -0.2) is 13.1 Å². The molecule has 0 bridgehead atoms. The Labute approximate surface area is 93.9 Å². The van der Waals surface area contributed by atoms with Crippen molar-refractivity contribution in [3.63, 3.8) is 0 Å². The highest BCUT2D eigenvalue weighted by atomic mass is 32.2. The molecule has 1 rings (SSSR count). The van der Waals surface area contributed by atoms with Gasteiger partial charge in [0, 0.05) is 18.4 Å². The summed E-state index contributed by atoms with van der Waals surface area (Å²) < 4.78 is 23.6. The first kappa shape index (κ1) is 12.6. The first-order valence-corrected chi connectivity index (χ1v) is 6.41. The molecule has 0 aliphatic rings. The molecule has 7 heteroatoms. The number of carbonyl (C=O) groups is 1. The molecule has 0 saturated heterocycles. The minimum absolute atomic E-state index is 0.167. The van der Waals surface area contributed by atoms with Gasteiger partial charge in [-0.05, 0) is 18.6 Å². The second kappa shape index (κ2) is 4.58. The monoisotopic (exact) mass is 243 g/mol. The third-order valence-electron chi connectivity index (χ3n) is 1.83. The third-order valence-corrected chi connectivity index (χ3v) is 2.38. The zero-order valence-electron chi connectivity index (χ0n) is 8.97. The Morgan fingerprint density at radius 1 is 1.50 bits per heavy atom. The number of nitrogens with two attached hydrogens (primary N) is 1. The quantitative estimate of drug-likeness (QED) is 0.764. The molecule has 1 amide bonds. The van der Waals surface area contributed by atoms with E-state index in [0.717, 1.165) is 6.26 Å². The highest BCUT2D eigenvalue weighted by Gasteiger charge is 2.12. The highest BCUT2D eigenvalue weighted by molar-refractivity contribution is 7.89. The fourth-order valence-corrected chi connectivity index (χ4v) is 1.51. The zero-order chi connectivity index (χ0) is 12.3. The number of nitrogens with one attached hydrogen (secondary N) is 1. The molecule has 0 saturated carbocycles. The molecule has 0 spiro atoms. The standard InChI is InChI=1S/C9H13N3O3S/c1-6(10)7-3-8(5-11-4-7)9(13)12-16(2,14)15/h3-6H,10H2,1-2H3,(H,12,13). The van der Waals surface area contributed by atoms with E-state index in [-0.39, 0.29) is 11.6 Å². The van der Waals surface area contributed by atoms with E-state index in [1.54, 1.807) is 6.92 Å². The van der Waals surface area contributed by atoms with E-state index < -0.39 is 15.9 Å². The van der Waals surface area contributed by atoms with Gasteiger partial charge in [-0.3, -0.25) is 9.78 Å². The van der Waals surface area contributed by atoms with Crippen molar-refractivity contribution >= 4 is 15.9 Å². The van der Waals surface area contributed by atoms with Crippen LogP contribution in [0.25, 0.3) is 0 Å². The number of carbonyl (C=O) groups excluding carboxylic acids is 1. The Morgan fingerprint density at radius 3 is 2.62 bits per heavy atom. The average molecular weight is 243 g/mol. The Hall–Kier alpha value is -1.47. The summed E-state index contributed by atoms with van der Waals surface area (Å²) in [5, 5.41) is 0. The molecule has 1 aromatic rings. The van der Waals surface area contributed by atoms with Crippen LogP contribution in [0, 0.1) is 0 Å². The largest absolute Gasteiger partial charge is 0.324 e. The fourth-order valence-electron chi connectivity index (χ4n) is 1.06. The van der Waals surface area contributed by atoms with Gasteiger partial charge in [0.1, 0.15) is 0 Å². The van der Waals surface area contributed by atoms with Gasteiger partial charge in [0.2, 0.25) is 10.0 Å².